The average Bonchev–Trinajstić information content (AvgIpc) is 3.15. The zero-order valence-corrected chi connectivity index (χ0v) is 15.8. The van der Waals surface area contributed by atoms with Crippen molar-refractivity contribution in [2.24, 2.45) is 5.92 Å². The van der Waals surface area contributed by atoms with E-state index in [-0.39, 0.29) is 11.8 Å². The molecule has 0 radical (unpaired) electrons. The van der Waals surface area contributed by atoms with Crippen molar-refractivity contribution < 1.29 is 4.79 Å². The van der Waals surface area contributed by atoms with E-state index >= 15 is 0 Å². The number of nitrogens with zero attached hydrogens (tertiary/aromatic N) is 4. The predicted octanol–water partition coefficient (Wildman–Crippen LogP) is 3.41. The van der Waals surface area contributed by atoms with Gasteiger partial charge < -0.3 is 14.4 Å². The molecule has 27 heavy (non-hydrogen) atoms. The van der Waals surface area contributed by atoms with Crippen LogP contribution in [0.15, 0.2) is 60.9 Å². The van der Waals surface area contributed by atoms with Crippen LogP contribution < -0.4 is 4.90 Å². The van der Waals surface area contributed by atoms with E-state index in [1.807, 2.05) is 36.3 Å². The maximum Gasteiger partial charge on any atom is 0.227 e. The lowest BCUT2D eigenvalue weighted by Crippen LogP contribution is -2.44. The molecule has 1 aliphatic rings. The Labute approximate surface area is 160 Å². The smallest absolute Gasteiger partial charge is 0.227 e. The predicted molar refractivity (Wildman–Crippen MR) is 109 cm³/mol. The summed E-state index contributed by atoms with van der Waals surface area (Å²) in [6.07, 6.45) is 5.91. The highest BCUT2D eigenvalue weighted by Crippen LogP contribution is 2.23. The molecule has 4 rings (SSSR count). The van der Waals surface area contributed by atoms with Gasteiger partial charge in [0.15, 0.2) is 0 Å². The maximum absolute atomic E-state index is 13.0. The summed E-state index contributed by atoms with van der Waals surface area (Å²) in [6, 6.07) is 16.4. The van der Waals surface area contributed by atoms with Gasteiger partial charge in [0.1, 0.15) is 5.82 Å². The first kappa shape index (κ1) is 17.6. The molecule has 0 aliphatic carbocycles. The number of carbonyl (C=O) groups excluding carboxylic acids is 1. The van der Waals surface area contributed by atoms with Crippen LogP contribution in [-0.2, 0) is 11.3 Å². The van der Waals surface area contributed by atoms with Crippen LogP contribution in [0, 0.1) is 5.92 Å². The Balaban J connectivity index is 1.37. The summed E-state index contributed by atoms with van der Waals surface area (Å²) in [6.45, 7) is 3.26. The van der Waals surface area contributed by atoms with Crippen LogP contribution in [0.4, 0.5) is 5.82 Å². The summed E-state index contributed by atoms with van der Waals surface area (Å²) in [5.41, 5.74) is 1.22. The molecule has 1 saturated heterocycles. The Morgan fingerprint density at radius 1 is 1.19 bits per heavy atom. The fraction of sp³-hybridized carbons (Fsp3) is 0.364. The van der Waals surface area contributed by atoms with Crippen molar-refractivity contribution in [2.45, 2.75) is 19.4 Å². The molecule has 0 spiro atoms. The molecule has 1 amide bonds. The Hall–Kier alpha value is -2.82. The van der Waals surface area contributed by atoms with Gasteiger partial charge in [-0.15, -0.1) is 0 Å². The summed E-state index contributed by atoms with van der Waals surface area (Å²) in [7, 11) is 1.92. The summed E-state index contributed by atoms with van der Waals surface area (Å²) in [4.78, 5) is 21.5. The molecule has 1 aliphatic heterocycles. The van der Waals surface area contributed by atoms with Gasteiger partial charge in [-0.25, -0.2) is 4.98 Å². The van der Waals surface area contributed by atoms with Gasteiger partial charge in [0.2, 0.25) is 5.91 Å². The molecule has 140 valence electrons. The number of benzene rings is 1. The van der Waals surface area contributed by atoms with Gasteiger partial charge in [0.05, 0.1) is 5.92 Å². The van der Waals surface area contributed by atoms with Crippen LogP contribution >= 0.6 is 0 Å². The number of rotatable bonds is 5. The van der Waals surface area contributed by atoms with Crippen molar-refractivity contribution in [3.63, 3.8) is 0 Å². The first-order chi connectivity index (χ1) is 13.2. The van der Waals surface area contributed by atoms with Crippen molar-refractivity contribution in [3.05, 3.63) is 60.9 Å². The first-order valence-electron chi connectivity index (χ1n) is 9.67. The van der Waals surface area contributed by atoms with Crippen LogP contribution in [0.2, 0.25) is 0 Å². The highest BCUT2D eigenvalue weighted by molar-refractivity contribution is 5.80. The summed E-state index contributed by atoms with van der Waals surface area (Å²) >= 11 is 0. The van der Waals surface area contributed by atoms with Gasteiger partial charge in [-0.2, -0.15) is 0 Å². The summed E-state index contributed by atoms with van der Waals surface area (Å²) in [5.74, 6) is 1.26. The Morgan fingerprint density at radius 3 is 2.89 bits per heavy atom. The topological polar surface area (TPSA) is 41.4 Å². The van der Waals surface area contributed by atoms with Crippen LogP contribution in [0.5, 0.6) is 0 Å². The minimum absolute atomic E-state index is 0.0483. The minimum atomic E-state index is 0.0483. The number of para-hydroxylation sites is 1. The van der Waals surface area contributed by atoms with Crippen LogP contribution in [0.3, 0.4) is 0 Å². The van der Waals surface area contributed by atoms with Crippen molar-refractivity contribution in [2.75, 3.05) is 31.6 Å². The molecule has 1 aromatic carbocycles. The summed E-state index contributed by atoms with van der Waals surface area (Å²) in [5, 5.41) is 1.24. The zero-order chi connectivity index (χ0) is 18.6. The number of carbonyl (C=O) groups is 1. The maximum atomic E-state index is 13.0. The average molecular weight is 362 g/mol. The van der Waals surface area contributed by atoms with Crippen molar-refractivity contribution in [1.29, 1.82) is 0 Å². The third kappa shape index (κ3) is 3.82. The van der Waals surface area contributed by atoms with Gasteiger partial charge in [0.25, 0.3) is 0 Å². The van der Waals surface area contributed by atoms with E-state index in [0.29, 0.717) is 0 Å². The quantitative estimate of drug-likeness (QED) is 0.698. The fourth-order valence-electron chi connectivity index (χ4n) is 3.94. The SMILES string of the molecule is CN(CCn1ccc2ccccc21)C(=O)[C@@H]1CCCN(c2ccccn2)C1. The van der Waals surface area contributed by atoms with Gasteiger partial charge in [-0.1, -0.05) is 24.3 Å². The van der Waals surface area contributed by atoms with Crippen molar-refractivity contribution in [1.82, 2.24) is 14.5 Å². The molecule has 0 bridgehead atoms. The Morgan fingerprint density at radius 2 is 2.04 bits per heavy atom. The second kappa shape index (κ2) is 7.82. The molecule has 2 aromatic heterocycles. The van der Waals surface area contributed by atoms with Crippen molar-refractivity contribution >= 4 is 22.6 Å². The molecule has 5 heteroatoms. The molecular weight excluding hydrogens is 336 g/mol. The molecule has 0 saturated carbocycles. The standard InChI is InChI=1S/C22H26N4O/c1-24(15-16-25-14-11-18-7-2-3-9-20(18)25)22(27)19-8-6-13-26(17-19)21-10-4-5-12-23-21/h2-5,7,9-12,14,19H,6,8,13,15-17H2,1H3/t19-/m1/s1. The van der Waals surface area contributed by atoms with Crippen molar-refractivity contribution in [3.8, 4) is 0 Å². The van der Waals surface area contributed by atoms with E-state index in [1.54, 1.807) is 0 Å². The number of anilines is 1. The number of fused-ring (bicyclic) bond motifs is 1. The molecule has 3 heterocycles. The lowest BCUT2D eigenvalue weighted by atomic mass is 9.96. The fourth-order valence-corrected chi connectivity index (χ4v) is 3.94. The number of aromatic nitrogens is 2. The molecule has 5 nitrogen and oxygen atoms in total. The van der Waals surface area contributed by atoms with Gasteiger partial charge >= 0.3 is 0 Å². The molecule has 1 fully saturated rings. The molecule has 0 N–H and O–H groups in total. The number of piperidine rings is 1. The van der Waals surface area contributed by atoms with E-state index in [1.165, 1.54) is 10.9 Å². The monoisotopic (exact) mass is 362 g/mol. The second-order valence-corrected chi connectivity index (χ2v) is 7.30. The van der Waals surface area contributed by atoms with E-state index in [4.69, 9.17) is 0 Å². The zero-order valence-electron chi connectivity index (χ0n) is 15.8. The highest BCUT2D eigenvalue weighted by atomic mass is 16.2. The number of hydrogen-bond acceptors (Lipinski definition) is 3. The second-order valence-electron chi connectivity index (χ2n) is 7.30. The van der Waals surface area contributed by atoms with E-state index in [0.717, 1.165) is 44.8 Å². The van der Waals surface area contributed by atoms with E-state index in [2.05, 4.69) is 51.0 Å². The largest absolute Gasteiger partial charge is 0.356 e. The first-order valence-corrected chi connectivity index (χ1v) is 9.67. The third-order valence-corrected chi connectivity index (χ3v) is 5.48. The lowest BCUT2D eigenvalue weighted by Gasteiger charge is -2.34. The van der Waals surface area contributed by atoms with Gasteiger partial charge in [-0.05, 0) is 42.5 Å². The lowest BCUT2D eigenvalue weighted by molar-refractivity contribution is -0.134. The van der Waals surface area contributed by atoms with E-state index in [9.17, 15) is 4.79 Å². The van der Waals surface area contributed by atoms with Gasteiger partial charge in [-0.3, -0.25) is 4.79 Å². The van der Waals surface area contributed by atoms with Crippen LogP contribution in [0.25, 0.3) is 10.9 Å². The molecule has 3 aromatic rings. The van der Waals surface area contributed by atoms with Crippen LogP contribution in [-0.4, -0.2) is 47.0 Å². The molecular formula is C22H26N4O. The minimum Gasteiger partial charge on any atom is -0.356 e. The highest BCUT2D eigenvalue weighted by Gasteiger charge is 2.28. The number of hydrogen-bond donors (Lipinski definition) is 0. The molecule has 1 atom stereocenters. The third-order valence-electron chi connectivity index (χ3n) is 5.48. The Kier molecular flexibility index (Phi) is 5.10. The Bertz CT molecular complexity index is 905. The van der Waals surface area contributed by atoms with Crippen LogP contribution in [0.1, 0.15) is 12.8 Å². The molecule has 0 unspecified atom stereocenters. The number of amides is 1. The van der Waals surface area contributed by atoms with Gasteiger partial charge in [0, 0.05) is 51.1 Å². The van der Waals surface area contributed by atoms with E-state index < -0.39 is 0 Å². The summed E-state index contributed by atoms with van der Waals surface area (Å²) < 4.78 is 2.22. The number of likely N-dealkylation sites (N-methyl/N-ethyl adjacent to an activating group) is 1. The normalized spacial score (nSPS) is 17.2. The number of pyridine rings is 1.